The number of halogens is 2. The fourth-order valence-electron chi connectivity index (χ4n) is 1.43. The lowest BCUT2D eigenvalue weighted by atomic mass is 10.0. The van der Waals surface area contributed by atoms with E-state index in [0.717, 1.165) is 0 Å². The zero-order valence-corrected chi connectivity index (χ0v) is 11.0. The van der Waals surface area contributed by atoms with Gasteiger partial charge in [0.1, 0.15) is 5.38 Å². The van der Waals surface area contributed by atoms with Crippen molar-refractivity contribution >= 4 is 35.0 Å². The maximum Gasteiger partial charge on any atom is 0.338 e. The van der Waals surface area contributed by atoms with E-state index in [-0.39, 0.29) is 11.7 Å². The minimum Gasteiger partial charge on any atom is -0.465 e. The van der Waals surface area contributed by atoms with Gasteiger partial charge in [0.05, 0.1) is 12.7 Å². The van der Waals surface area contributed by atoms with Crippen molar-refractivity contribution in [1.29, 1.82) is 0 Å². The standard InChI is InChI=1S/C12H12Cl2O3/c1-7(15)11(14)8-3-4-10(12(16)17-2)9(5-8)6-13/h3-5,11H,6H2,1-2H3. The van der Waals surface area contributed by atoms with Crippen LogP contribution in [0.4, 0.5) is 0 Å². The maximum atomic E-state index is 11.4. The van der Waals surface area contributed by atoms with Crippen LogP contribution in [0.5, 0.6) is 0 Å². The molecular formula is C12H12Cl2O3. The predicted molar refractivity (Wildman–Crippen MR) is 66.6 cm³/mol. The van der Waals surface area contributed by atoms with Crippen LogP contribution in [0.25, 0.3) is 0 Å². The highest BCUT2D eigenvalue weighted by atomic mass is 35.5. The van der Waals surface area contributed by atoms with Crippen LogP contribution in [0.15, 0.2) is 18.2 Å². The monoisotopic (exact) mass is 274 g/mol. The van der Waals surface area contributed by atoms with E-state index in [4.69, 9.17) is 23.2 Å². The average molecular weight is 275 g/mol. The molecule has 1 atom stereocenters. The fraction of sp³-hybridized carbons (Fsp3) is 0.333. The first-order valence-electron chi connectivity index (χ1n) is 4.93. The largest absolute Gasteiger partial charge is 0.465 e. The number of carbonyl (C=O) groups is 2. The van der Waals surface area contributed by atoms with E-state index >= 15 is 0 Å². The van der Waals surface area contributed by atoms with Crippen molar-refractivity contribution in [2.75, 3.05) is 7.11 Å². The third-order valence-corrected chi connectivity index (χ3v) is 3.18. The number of ether oxygens (including phenoxy) is 1. The van der Waals surface area contributed by atoms with Gasteiger partial charge in [-0.2, -0.15) is 0 Å². The summed E-state index contributed by atoms with van der Waals surface area (Å²) in [5.74, 6) is -0.459. The van der Waals surface area contributed by atoms with Crippen LogP contribution in [0.3, 0.4) is 0 Å². The lowest BCUT2D eigenvalue weighted by molar-refractivity contribution is -0.116. The molecule has 0 bridgehead atoms. The molecule has 0 spiro atoms. The summed E-state index contributed by atoms with van der Waals surface area (Å²) < 4.78 is 4.63. The SMILES string of the molecule is COC(=O)c1ccc(C(Cl)C(C)=O)cc1CCl. The van der Waals surface area contributed by atoms with Crippen molar-refractivity contribution < 1.29 is 14.3 Å². The van der Waals surface area contributed by atoms with Gasteiger partial charge in [0.25, 0.3) is 0 Å². The van der Waals surface area contributed by atoms with E-state index in [2.05, 4.69) is 4.74 Å². The van der Waals surface area contributed by atoms with Crippen molar-refractivity contribution in [2.45, 2.75) is 18.2 Å². The van der Waals surface area contributed by atoms with E-state index in [0.29, 0.717) is 16.7 Å². The maximum absolute atomic E-state index is 11.4. The van der Waals surface area contributed by atoms with Gasteiger partial charge in [0, 0.05) is 5.88 Å². The number of rotatable bonds is 4. The molecule has 0 saturated carbocycles. The third kappa shape index (κ3) is 3.20. The molecule has 0 N–H and O–H groups in total. The van der Waals surface area contributed by atoms with Gasteiger partial charge in [-0.3, -0.25) is 4.79 Å². The normalized spacial score (nSPS) is 12.0. The quantitative estimate of drug-likeness (QED) is 0.626. The number of hydrogen-bond acceptors (Lipinski definition) is 3. The van der Waals surface area contributed by atoms with Crippen LogP contribution in [0.1, 0.15) is 33.8 Å². The Morgan fingerprint density at radius 3 is 2.53 bits per heavy atom. The number of esters is 1. The van der Waals surface area contributed by atoms with Crippen molar-refractivity contribution in [3.63, 3.8) is 0 Å². The first-order valence-corrected chi connectivity index (χ1v) is 5.90. The molecule has 0 aliphatic carbocycles. The molecule has 0 aliphatic heterocycles. The summed E-state index contributed by atoms with van der Waals surface area (Å²) >= 11 is 11.7. The summed E-state index contributed by atoms with van der Waals surface area (Å²) in [7, 11) is 1.30. The fourth-order valence-corrected chi connectivity index (χ4v) is 1.78. The summed E-state index contributed by atoms with van der Waals surface area (Å²) in [4.78, 5) is 22.6. The summed E-state index contributed by atoms with van der Waals surface area (Å²) in [5, 5.41) is -0.719. The van der Waals surface area contributed by atoms with Crippen LogP contribution in [-0.2, 0) is 15.4 Å². The van der Waals surface area contributed by atoms with Crippen molar-refractivity contribution in [1.82, 2.24) is 0 Å². The number of alkyl halides is 2. The lowest BCUT2D eigenvalue weighted by Crippen LogP contribution is -2.07. The lowest BCUT2D eigenvalue weighted by Gasteiger charge is -2.10. The molecule has 0 radical (unpaired) electrons. The Labute approximate surface area is 110 Å². The highest BCUT2D eigenvalue weighted by molar-refractivity contribution is 6.30. The Bertz CT molecular complexity index is 443. The number of benzene rings is 1. The molecule has 0 heterocycles. The average Bonchev–Trinajstić information content (AvgIpc) is 2.35. The second-order valence-electron chi connectivity index (χ2n) is 3.52. The number of hydrogen-bond donors (Lipinski definition) is 0. The van der Waals surface area contributed by atoms with Crippen LogP contribution in [-0.4, -0.2) is 18.9 Å². The topological polar surface area (TPSA) is 43.4 Å². The molecule has 92 valence electrons. The minimum atomic E-state index is -0.719. The van der Waals surface area contributed by atoms with Crippen LogP contribution in [0.2, 0.25) is 0 Å². The Morgan fingerprint density at radius 2 is 2.06 bits per heavy atom. The predicted octanol–water partition coefficient (Wildman–Crippen LogP) is 3.08. The molecule has 17 heavy (non-hydrogen) atoms. The summed E-state index contributed by atoms with van der Waals surface area (Å²) in [6, 6.07) is 4.84. The van der Waals surface area contributed by atoms with E-state index in [1.807, 2.05) is 0 Å². The Morgan fingerprint density at radius 1 is 1.41 bits per heavy atom. The molecule has 0 saturated heterocycles. The smallest absolute Gasteiger partial charge is 0.338 e. The van der Waals surface area contributed by atoms with Crippen molar-refractivity contribution in [3.8, 4) is 0 Å². The molecule has 1 unspecified atom stereocenters. The minimum absolute atomic E-state index is 0.153. The molecule has 1 aromatic rings. The van der Waals surface area contributed by atoms with E-state index in [1.54, 1.807) is 18.2 Å². The highest BCUT2D eigenvalue weighted by Gasteiger charge is 2.17. The summed E-state index contributed by atoms with van der Waals surface area (Å²) in [6.07, 6.45) is 0. The van der Waals surface area contributed by atoms with E-state index in [9.17, 15) is 9.59 Å². The van der Waals surface area contributed by atoms with Gasteiger partial charge in [-0.15, -0.1) is 23.2 Å². The second-order valence-corrected chi connectivity index (χ2v) is 4.22. The van der Waals surface area contributed by atoms with Gasteiger partial charge in [-0.25, -0.2) is 4.79 Å². The van der Waals surface area contributed by atoms with Crippen molar-refractivity contribution in [2.24, 2.45) is 0 Å². The van der Waals surface area contributed by atoms with Crippen LogP contribution < -0.4 is 0 Å². The summed E-state index contributed by atoms with van der Waals surface area (Å²) in [5.41, 5.74) is 1.61. The molecule has 1 aromatic carbocycles. The van der Waals surface area contributed by atoms with E-state index in [1.165, 1.54) is 14.0 Å². The first kappa shape index (κ1) is 14.0. The number of methoxy groups -OCH3 is 1. The van der Waals surface area contributed by atoms with Gasteiger partial charge in [0.2, 0.25) is 0 Å². The third-order valence-electron chi connectivity index (χ3n) is 2.33. The van der Waals surface area contributed by atoms with Crippen molar-refractivity contribution in [3.05, 3.63) is 34.9 Å². The molecule has 0 fully saturated rings. The van der Waals surface area contributed by atoms with Gasteiger partial charge < -0.3 is 4.74 Å². The Balaban J connectivity index is 3.17. The van der Waals surface area contributed by atoms with Gasteiger partial charge >= 0.3 is 5.97 Å². The zero-order chi connectivity index (χ0) is 13.0. The second kappa shape index (κ2) is 6.03. The first-order chi connectivity index (χ1) is 8.01. The van der Waals surface area contributed by atoms with Gasteiger partial charge in [-0.1, -0.05) is 12.1 Å². The molecule has 0 aliphatic rings. The molecule has 0 amide bonds. The van der Waals surface area contributed by atoms with Crippen LogP contribution in [0, 0.1) is 0 Å². The molecule has 0 aromatic heterocycles. The number of Topliss-reactive ketones (excluding diaryl/α,β-unsaturated/α-hetero) is 1. The van der Waals surface area contributed by atoms with Gasteiger partial charge in [-0.05, 0) is 24.1 Å². The zero-order valence-electron chi connectivity index (χ0n) is 9.50. The number of ketones is 1. The van der Waals surface area contributed by atoms with E-state index < -0.39 is 11.3 Å². The van der Waals surface area contributed by atoms with Crippen LogP contribution >= 0.6 is 23.2 Å². The molecular weight excluding hydrogens is 263 g/mol. The Hall–Kier alpha value is -1.06. The van der Waals surface area contributed by atoms with Gasteiger partial charge in [0.15, 0.2) is 5.78 Å². The molecule has 3 nitrogen and oxygen atoms in total. The Kier molecular flexibility index (Phi) is 4.97. The molecule has 1 rings (SSSR count). The molecule has 5 heteroatoms. The highest BCUT2D eigenvalue weighted by Crippen LogP contribution is 2.25. The summed E-state index contributed by atoms with van der Waals surface area (Å²) in [6.45, 7) is 1.41. The number of carbonyl (C=O) groups excluding carboxylic acids is 2.